The van der Waals surface area contributed by atoms with Gasteiger partial charge in [0.25, 0.3) is 5.91 Å². The van der Waals surface area contributed by atoms with Crippen LogP contribution < -0.4 is 16.0 Å². The van der Waals surface area contributed by atoms with Crippen molar-refractivity contribution in [1.29, 1.82) is 0 Å². The van der Waals surface area contributed by atoms with Crippen molar-refractivity contribution in [3.63, 3.8) is 0 Å². The smallest absolute Gasteiger partial charge is 0.287 e. The Morgan fingerprint density at radius 1 is 1.58 bits per heavy atom. The summed E-state index contributed by atoms with van der Waals surface area (Å²) < 4.78 is 7.82. The Labute approximate surface area is 122 Å². The maximum Gasteiger partial charge on any atom is 0.287 e. The first kappa shape index (κ1) is 13.9. The Kier molecular flexibility index (Phi) is 4.41. The molecule has 1 amide bonds. The molecule has 2 aromatic rings. The molecule has 3 N–H and O–H groups in total. The molecule has 0 radical (unpaired) electrons. The Balaban J connectivity index is 2.06. The van der Waals surface area contributed by atoms with Crippen molar-refractivity contribution >= 4 is 33.4 Å². The molecule has 1 aromatic heterocycles. The monoisotopic (exact) mass is 344 g/mol. The minimum atomic E-state index is -0.550. The van der Waals surface area contributed by atoms with Crippen LogP contribution in [-0.2, 0) is 6.73 Å². The lowest BCUT2D eigenvalue weighted by Crippen LogP contribution is -2.30. The standard InChI is InChI=1S/C11H10BrClN4O2/c12-7-2-1-3-8(4-7)19-6-17-5-9(13)10(16-17)11(18)15-14/h1-5H,6,14H2,(H,15,18). The predicted octanol–water partition coefficient (Wildman–Crippen LogP) is 1.94. The van der Waals surface area contributed by atoms with Gasteiger partial charge in [-0.15, -0.1) is 0 Å². The fourth-order valence-electron chi connectivity index (χ4n) is 1.38. The third-order valence-electron chi connectivity index (χ3n) is 2.22. The number of ether oxygens (including phenoxy) is 1. The first-order valence-electron chi connectivity index (χ1n) is 5.22. The average Bonchev–Trinajstić information content (AvgIpc) is 2.77. The highest BCUT2D eigenvalue weighted by molar-refractivity contribution is 9.10. The number of aromatic nitrogens is 2. The fraction of sp³-hybridized carbons (Fsp3) is 0.0909. The number of halogens is 2. The number of benzene rings is 1. The van der Waals surface area contributed by atoms with E-state index in [2.05, 4.69) is 21.0 Å². The van der Waals surface area contributed by atoms with E-state index in [-0.39, 0.29) is 17.4 Å². The second kappa shape index (κ2) is 6.05. The van der Waals surface area contributed by atoms with Crippen LogP contribution in [0, 0.1) is 0 Å². The number of hydrogen-bond acceptors (Lipinski definition) is 4. The molecule has 100 valence electrons. The number of nitrogens with two attached hydrogens (primary N) is 1. The molecule has 0 unspecified atom stereocenters. The van der Waals surface area contributed by atoms with E-state index in [1.807, 2.05) is 29.7 Å². The highest BCUT2D eigenvalue weighted by Gasteiger charge is 2.14. The first-order valence-corrected chi connectivity index (χ1v) is 6.39. The van der Waals surface area contributed by atoms with Gasteiger partial charge in [-0.25, -0.2) is 10.5 Å². The highest BCUT2D eigenvalue weighted by Crippen LogP contribution is 2.19. The van der Waals surface area contributed by atoms with Crippen LogP contribution in [0.3, 0.4) is 0 Å². The third kappa shape index (κ3) is 3.46. The first-order chi connectivity index (χ1) is 9.10. The molecule has 8 heteroatoms. The Hall–Kier alpha value is -1.57. The molecule has 0 spiro atoms. The number of rotatable bonds is 4. The Bertz CT molecular complexity index is 602. The van der Waals surface area contributed by atoms with E-state index in [1.165, 1.54) is 10.9 Å². The molecule has 0 atom stereocenters. The van der Waals surface area contributed by atoms with Crippen LogP contribution in [0.15, 0.2) is 34.9 Å². The van der Waals surface area contributed by atoms with Crippen molar-refractivity contribution in [2.75, 3.05) is 0 Å². The molecule has 1 heterocycles. The molecule has 0 saturated heterocycles. The molecule has 0 fully saturated rings. The van der Waals surface area contributed by atoms with Gasteiger partial charge in [-0.3, -0.25) is 10.2 Å². The zero-order chi connectivity index (χ0) is 13.8. The van der Waals surface area contributed by atoms with Crippen molar-refractivity contribution in [3.05, 3.63) is 45.7 Å². The van der Waals surface area contributed by atoms with Crippen LogP contribution >= 0.6 is 27.5 Å². The fourth-order valence-corrected chi connectivity index (χ4v) is 2.00. The quantitative estimate of drug-likeness (QED) is 0.504. The van der Waals surface area contributed by atoms with Crippen LogP contribution in [0.2, 0.25) is 5.02 Å². The summed E-state index contributed by atoms with van der Waals surface area (Å²) in [6, 6.07) is 7.37. The number of carbonyl (C=O) groups excluding carboxylic acids is 1. The lowest BCUT2D eigenvalue weighted by Gasteiger charge is -2.06. The van der Waals surface area contributed by atoms with Crippen LogP contribution in [0.4, 0.5) is 0 Å². The second-order valence-electron chi connectivity index (χ2n) is 3.57. The van der Waals surface area contributed by atoms with E-state index in [9.17, 15) is 4.79 Å². The minimum absolute atomic E-state index is 0.0574. The number of hydrazine groups is 1. The molecule has 0 aliphatic carbocycles. The predicted molar refractivity (Wildman–Crippen MR) is 73.7 cm³/mol. The summed E-state index contributed by atoms with van der Waals surface area (Å²) in [6.07, 6.45) is 1.49. The van der Waals surface area contributed by atoms with Crippen LogP contribution in [0.25, 0.3) is 0 Å². The van der Waals surface area contributed by atoms with Crippen LogP contribution in [0.1, 0.15) is 10.5 Å². The molecule has 0 aliphatic heterocycles. The minimum Gasteiger partial charge on any atom is -0.471 e. The second-order valence-corrected chi connectivity index (χ2v) is 4.89. The van der Waals surface area contributed by atoms with Gasteiger partial charge >= 0.3 is 0 Å². The topological polar surface area (TPSA) is 82.2 Å². The Morgan fingerprint density at radius 3 is 3.05 bits per heavy atom. The molecular weight excluding hydrogens is 336 g/mol. The van der Waals surface area contributed by atoms with E-state index in [0.717, 1.165) is 4.47 Å². The van der Waals surface area contributed by atoms with E-state index in [1.54, 1.807) is 0 Å². The summed E-state index contributed by atoms with van der Waals surface area (Å²) in [4.78, 5) is 11.3. The number of hydrogen-bond donors (Lipinski definition) is 2. The molecule has 2 rings (SSSR count). The van der Waals surface area contributed by atoms with Crippen molar-refractivity contribution in [2.24, 2.45) is 5.84 Å². The summed E-state index contributed by atoms with van der Waals surface area (Å²) in [5, 5.41) is 4.18. The maximum absolute atomic E-state index is 11.3. The summed E-state index contributed by atoms with van der Waals surface area (Å²) >= 11 is 9.20. The van der Waals surface area contributed by atoms with Crippen molar-refractivity contribution < 1.29 is 9.53 Å². The average molecular weight is 346 g/mol. The molecule has 0 bridgehead atoms. The summed E-state index contributed by atoms with van der Waals surface area (Å²) in [7, 11) is 0. The van der Waals surface area contributed by atoms with Crippen LogP contribution in [-0.4, -0.2) is 15.7 Å². The zero-order valence-electron chi connectivity index (χ0n) is 9.64. The van der Waals surface area contributed by atoms with Gasteiger partial charge in [0.05, 0.1) is 5.02 Å². The van der Waals surface area contributed by atoms with Crippen molar-refractivity contribution in [1.82, 2.24) is 15.2 Å². The van der Waals surface area contributed by atoms with Gasteiger partial charge < -0.3 is 4.74 Å². The van der Waals surface area contributed by atoms with Gasteiger partial charge in [-0.2, -0.15) is 5.10 Å². The number of nitrogens with zero attached hydrogens (tertiary/aromatic N) is 2. The van der Waals surface area contributed by atoms with E-state index in [0.29, 0.717) is 5.75 Å². The molecule has 6 nitrogen and oxygen atoms in total. The van der Waals surface area contributed by atoms with E-state index >= 15 is 0 Å². The summed E-state index contributed by atoms with van der Waals surface area (Å²) in [5.74, 6) is 5.14. The SMILES string of the molecule is NNC(=O)c1nn(COc2cccc(Br)c2)cc1Cl. The summed E-state index contributed by atoms with van der Waals surface area (Å²) in [6.45, 7) is 0.133. The van der Waals surface area contributed by atoms with Gasteiger partial charge in [0, 0.05) is 10.7 Å². The van der Waals surface area contributed by atoms with E-state index < -0.39 is 5.91 Å². The lowest BCUT2D eigenvalue weighted by atomic mass is 10.3. The molecule has 0 saturated carbocycles. The molecule has 19 heavy (non-hydrogen) atoms. The number of nitrogen functional groups attached to an aromatic ring is 1. The molecule has 0 aliphatic rings. The largest absolute Gasteiger partial charge is 0.471 e. The lowest BCUT2D eigenvalue weighted by molar-refractivity contribution is 0.0946. The van der Waals surface area contributed by atoms with Gasteiger partial charge in [-0.05, 0) is 18.2 Å². The summed E-state index contributed by atoms with van der Waals surface area (Å²) in [5.41, 5.74) is 2.03. The van der Waals surface area contributed by atoms with Gasteiger partial charge in [0.15, 0.2) is 12.4 Å². The van der Waals surface area contributed by atoms with Gasteiger partial charge in [-0.1, -0.05) is 33.6 Å². The zero-order valence-corrected chi connectivity index (χ0v) is 12.0. The van der Waals surface area contributed by atoms with Crippen LogP contribution in [0.5, 0.6) is 5.75 Å². The molecular formula is C11H10BrClN4O2. The maximum atomic E-state index is 11.3. The van der Waals surface area contributed by atoms with E-state index in [4.69, 9.17) is 22.2 Å². The number of nitrogens with one attached hydrogen (secondary N) is 1. The number of carbonyl (C=O) groups is 1. The number of amides is 1. The Morgan fingerprint density at radius 2 is 2.37 bits per heavy atom. The third-order valence-corrected chi connectivity index (χ3v) is 2.99. The van der Waals surface area contributed by atoms with Crippen molar-refractivity contribution in [3.8, 4) is 5.75 Å². The molecule has 1 aromatic carbocycles. The van der Waals surface area contributed by atoms with Gasteiger partial charge in [0.2, 0.25) is 0 Å². The highest BCUT2D eigenvalue weighted by atomic mass is 79.9. The normalized spacial score (nSPS) is 10.3. The van der Waals surface area contributed by atoms with Crippen molar-refractivity contribution in [2.45, 2.75) is 6.73 Å². The van der Waals surface area contributed by atoms with Gasteiger partial charge in [0.1, 0.15) is 5.75 Å².